The van der Waals surface area contributed by atoms with Gasteiger partial charge in [0, 0.05) is 29.2 Å². The number of alkyl halides is 3. The van der Waals surface area contributed by atoms with Crippen LogP contribution in [0.1, 0.15) is 42.4 Å². The van der Waals surface area contributed by atoms with Gasteiger partial charge in [0.1, 0.15) is 11.9 Å². The first kappa shape index (κ1) is 26.9. The monoisotopic (exact) mass is 593 g/mol. The highest BCUT2D eigenvalue weighted by Crippen LogP contribution is 2.50. The van der Waals surface area contributed by atoms with Gasteiger partial charge >= 0.3 is 6.18 Å². The Bertz CT molecular complexity index is 1250. The van der Waals surface area contributed by atoms with Crippen molar-refractivity contribution >= 4 is 27.7 Å². The molecule has 3 aliphatic heterocycles. The first-order chi connectivity index (χ1) is 18.0. The second-order valence-electron chi connectivity index (χ2n) is 10.4. The minimum atomic E-state index is -4.68. The lowest BCUT2D eigenvalue weighted by Crippen LogP contribution is -2.50. The van der Waals surface area contributed by atoms with Gasteiger partial charge in [0.2, 0.25) is 11.8 Å². The number of nitrogens with one attached hydrogen (secondary N) is 2. The minimum absolute atomic E-state index is 0.0831. The summed E-state index contributed by atoms with van der Waals surface area (Å²) < 4.78 is 54.7. The van der Waals surface area contributed by atoms with E-state index in [0.29, 0.717) is 12.0 Å². The maximum Gasteiger partial charge on any atom is 0.416 e. The number of rotatable bonds is 7. The first-order valence-electron chi connectivity index (χ1n) is 12.7. The molecule has 1 aliphatic carbocycles. The third-order valence-corrected chi connectivity index (χ3v) is 8.42. The molecule has 6 rings (SSSR count). The van der Waals surface area contributed by atoms with Gasteiger partial charge < -0.3 is 10.6 Å². The predicted octanol–water partition coefficient (Wildman–Crippen LogP) is 5.09. The van der Waals surface area contributed by atoms with E-state index in [9.17, 15) is 27.2 Å². The standard InChI is InChI=1S/C28H28BrF4N3O2/c29-21-4-1-17(2-5-21)13-24(25(37)34-15-19-16-36-11-7-18(19)8-12-36)35-26(38)27(9-10-27)22-6-3-20(14-23(22)30)28(31,32)33/h1-6,14-15,18,24H,7-13,16H2,(H,34,37)(H,35,38)/b19-15-. The van der Waals surface area contributed by atoms with E-state index in [2.05, 4.69) is 31.5 Å². The molecule has 2 N–H and O–H groups in total. The van der Waals surface area contributed by atoms with Crippen LogP contribution in [-0.2, 0) is 27.6 Å². The number of benzene rings is 2. The lowest BCUT2D eigenvalue weighted by atomic mass is 9.84. The van der Waals surface area contributed by atoms with Crippen molar-refractivity contribution in [2.75, 3.05) is 19.6 Å². The molecule has 1 saturated carbocycles. The molecule has 0 spiro atoms. The van der Waals surface area contributed by atoms with Crippen LogP contribution < -0.4 is 10.6 Å². The molecule has 0 radical (unpaired) electrons. The average molecular weight is 594 g/mol. The fourth-order valence-corrected chi connectivity index (χ4v) is 5.73. The zero-order valence-electron chi connectivity index (χ0n) is 20.6. The largest absolute Gasteiger partial charge is 0.416 e. The van der Waals surface area contributed by atoms with E-state index in [4.69, 9.17) is 0 Å². The van der Waals surface area contributed by atoms with Crippen molar-refractivity contribution in [1.29, 1.82) is 0 Å². The second-order valence-corrected chi connectivity index (χ2v) is 11.3. The van der Waals surface area contributed by atoms with E-state index in [1.54, 1.807) is 6.20 Å². The van der Waals surface area contributed by atoms with Gasteiger partial charge in [0.05, 0.1) is 11.0 Å². The smallest absolute Gasteiger partial charge is 0.343 e. The minimum Gasteiger partial charge on any atom is -0.343 e. The molecular formula is C28H28BrF4N3O2. The number of hydrogen-bond acceptors (Lipinski definition) is 3. The molecule has 4 fully saturated rings. The Balaban J connectivity index is 1.35. The van der Waals surface area contributed by atoms with E-state index in [-0.39, 0.29) is 24.8 Å². The van der Waals surface area contributed by atoms with Crippen LogP contribution in [0.5, 0.6) is 0 Å². The average Bonchev–Trinajstić information content (AvgIpc) is 3.70. The lowest BCUT2D eigenvalue weighted by molar-refractivity contribution is -0.137. The number of carbonyl (C=O) groups excluding carboxylic acids is 2. The Morgan fingerprint density at radius 3 is 2.34 bits per heavy atom. The van der Waals surface area contributed by atoms with Gasteiger partial charge in [0.15, 0.2) is 0 Å². The van der Waals surface area contributed by atoms with Crippen LogP contribution in [0.2, 0.25) is 0 Å². The van der Waals surface area contributed by atoms with Gasteiger partial charge in [-0.2, -0.15) is 13.2 Å². The molecule has 1 atom stereocenters. The lowest BCUT2D eigenvalue weighted by Gasteiger charge is -2.41. The van der Waals surface area contributed by atoms with Gasteiger partial charge in [-0.3, -0.25) is 14.5 Å². The third-order valence-electron chi connectivity index (χ3n) is 7.89. The number of fused-ring (bicyclic) bond motifs is 3. The summed E-state index contributed by atoms with van der Waals surface area (Å²) in [6, 6.07) is 8.65. The molecule has 3 saturated heterocycles. The van der Waals surface area contributed by atoms with Crippen molar-refractivity contribution in [1.82, 2.24) is 15.5 Å². The summed E-state index contributed by atoms with van der Waals surface area (Å²) in [4.78, 5) is 29.1. The van der Waals surface area contributed by atoms with Gasteiger partial charge in [-0.25, -0.2) is 4.39 Å². The molecule has 2 aromatic rings. The highest BCUT2D eigenvalue weighted by Gasteiger charge is 2.53. The first-order valence-corrected chi connectivity index (χ1v) is 13.5. The second kappa shape index (κ2) is 10.4. The molecule has 10 heteroatoms. The molecule has 3 heterocycles. The van der Waals surface area contributed by atoms with Crippen molar-refractivity contribution in [3.8, 4) is 0 Å². The fraction of sp³-hybridized carbons (Fsp3) is 0.429. The Morgan fingerprint density at radius 2 is 1.79 bits per heavy atom. The van der Waals surface area contributed by atoms with Crippen molar-refractivity contribution in [2.45, 2.75) is 49.7 Å². The quantitative estimate of drug-likeness (QED) is 0.440. The number of amides is 2. The topological polar surface area (TPSA) is 61.4 Å². The Morgan fingerprint density at radius 1 is 1.11 bits per heavy atom. The van der Waals surface area contributed by atoms with E-state index in [1.807, 2.05) is 24.3 Å². The van der Waals surface area contributed by atoms with Crippen molar-refractivity contribution in [3.05, 3.63) is 81.2 Å². The Hall–Kier alpha value is -2.72. The number of piperidine rings is 3. The van der Waals surface area contributed by atoms with E-state index >= 15 is 0 Å². The van der Waals surface area contributed by atoms with Crippen LogP contribution in [0, 0.1) is 11.7 Å². The number of carbonyl (C=O) groups is 2. The molecule has 4 aliphatic rings. The van der Waals surface area contributed by atoms with Gasteiger partial charge in [-0.05, 0) is 80.1 Å². The zero-order chi connectivity index (χ0) is 27.1. The molecule has 1 unspecified atom stereocenters. The normalized spacial score (nSPS) is 23.7. The summed E-state index contributed by atoms with van der Waals surface area (Å²) in [5, 5.41) is 5.65. The van der Waals surface area contributed by atoms with E-state index in [0.717, 1.165) is 60.2 Å². The molecule has 38 heavy (non-hydrogen) atoms. The Kier molecular flexibility index (Phi) is 7.39. The van der Waals surface area contributed by atoms with Crippen molar-refractivity contribution in [3.63, 3.8) is 0 Å². The highest BCUT2D eigenvalue weighted by molar-refractivity contribution is 9.10. The predicted molar refractivity (Wildman–Crippen MR) is 137 cm³/mol. The fourth-order valence-electron chi connectivity index (χ4n) is 5.46. The SMILES string of the molecule is O=C(N/C=C1/CN2CCC1CC2)C(Cc1ccc(Br)cc1)NC(=O)C1(c2ccc(C(F)(F)F)cc2F)CC1. The van der Waals surface area contributed by atoms with Crippen LogP contribution in [0.25, 0.3) is 0 Å². The van der Waals surface area contributed by atoms with Gasteiger partial charge in [-0.15, -0.1) is 0 Å². The number of halogens is 5. The summed E-state index contributed by atoms with van der Waals surface area (Å²) in [5.74, 6) is -1.59. The summed E-state index contributed by atoms with van der Waals surface area (Å²) in [6.45, 7) is 2.92. The number of hydrogen-bond donors (Lipinski definition) is 2. The third kappa shape index (κ3) is 5.66. The molecule has 2 bridgehead atoms. The molecule has 2 amide bonds. The van der Waals surface area contributed by atoms with Crippen LogP contribution in [-0.4, -0.2) is 42.4 Å². The molecular weight excluding hydrogens is 566 g/mol. The molecule has 202 valence electrons. The summed E-state index contributed by atoms with van der Waals surface area (Å²) >= 11 is 3.38. The summed E-state index contributed by atoms with van der Waals surface area (Å²) in [5.41, 5.74) is -0.506. The van der Waals surface area contributed by atoms with Crippen molar-refractivity contribution in [2.24, 2.45) is 5.92 Å². The van der Waals surface area contributed by atoms with Gasteiger partial charge in [0.25, 0.3) is 0 Å². The van der Waals surface area contributed by atoms with E-state index < -0.39 is 40.8 Å². The molecule has 2 aromatic carbocycles. The van der Waals surface area contributed by atoms with Crippen LogP contribution in [0.15, 0.2) is 58.7 Å². The van der Waals surface area contributed by atoms with E-state index in [1.165, 1.54) is 0 Å². The Labute approximate surface area is 226 Å². The maximum atomic E-state index is 14.8. The maximum absolute atomic E-state index is 14.8. The highest BCUT2D eigenvalue weighted by atomic mass is 79.9. The van der Waals surface area contributed by atoms with Crippen LogP contribution in [0.4, 0.5) is 17.6 Å². The van der Waals surface area contributed by atoms with Crippen molar-refractivity contribution < 1.29 is 27.2 Å². The number of nitrogens with zero attached hydrogens (tertiary/aromatic N) is 1. The van der Waals surface area contributed by atoms with Crippen LogP contribution >= 0.6 is 15.9 Å². The van der Waals surface area contributed by atoms with Gasteiger partial charge in [-0.1, -0.05) is 34.1 Å². The zero-order valence-corrected chi connectivity index (χ0v) is 22.2. The van der Waals surface area contributed by atoms with Crippen LogP contribution in [0.3, 0.4) is 0 Å². The summed E-state index contributed by atoms with van der Waals surface area (Å²) in [7, 11) is 0. The molecule has 0 aromatic heterocycles. The summed E-state index contributed by atoms with van der Waals surface area (Å²) in [6.07, 6.45) is -0.0409. The molecule has 5 nitrogen and oxygen atoms in total.